The maximum absolute atomic E-state index is 12.6. The highest BCUT2D eigenvalue weighted by molar-refractivity contribution is 5.69. The van der Waals surface area contributed by atoms with Gasteiger partial charge in [-0.05, 0) is 37.3 Å². The van der Waals surface area contributed by atoms with Crippen LogP contribution in [0.5, 0.6) is 0 Å². The molecule has 1 aliphatic rings. The van der Waals surface area contributed by atoms with E-state index in [9.17, 15) is 4.79 Å². The molecule has 0 saturated carbocycles. The molecular formula is C19H30N2O2. The quantitative estimate of drug-likeness (QED) is 0.855. The van der Waals surface area contributed by atoms with E-state index in [1.165, 1.54) is 11.1 Å². The Hall–Kier alpha value is -1.55. The van der Waals surface area contributed by atoms with Crippen molar-refractivity contribution < 1.29 is 9.53 Å². The zero-order valence-electron chi connectivity index (χ0n) is 15.3. The molecule has 1 aromatic carbocycles. The maximum Gasteiger partial charge on any atom is 0.410 e. The van der Waals surface area contributed by atoms with Gasteiger partial charge in [-0.3, -0.25) is 4.90 Å². The van der Waals surface area contributed by atoms with Crippen molar-refractivity contribution in [1.29, 1.82) is 0 Å². The number of carbonyl (C=O) groups excluding carboxylic acids is 1. The van der Waals surface area contributed by atoms with Crippen molar-refractivity contribution in [2.45, 2.75) is 58.6 Å². The van der Waals surface area contributed by atoms with Crippen LogP contribution in [0, 0.1) is 0 Å². The van der Waals surface area contributed by atoms with E-state index in [2.05, 4.69) is 44.3 Å². The predicted molar refractivity (Wildman–Crippen MR) is 93.7 cm³/mol. The van der Waals surface area contributed by atoms with Crippen molar-refractivity contribution in [3.8, 4) is 0 Å². The van der Waals surface area contributed by atoms with Gasteiger partial charge in [0, 0.05) is 19.6 Å². The average molecular weight is 318 g/mol. The van der Waals surface area contributed by atoms with Gasteiger partial charge in [0.2, 0.25) is 0 Å². The van der Waals surface area contributed by atoms with Crippen molar-refractivity contribution >= 4 is 6.09 Å². The summed E-state index contributed by atoms with van der Waals surface area (Å²) in [5, 5.41) is 3.41. The number of ether oxygens (including phenoxy) is 1. The van der Waals surface area contributed by atoms with E-state index in [1.54, 1.807) is 0 Å². The zero-order valence-corrected chi connectivity index (χ0v) is 15.3. The number of hydrogen-bond donors (Lipinski definition) is 1. The Morgan fingerprint density at radius 3 is 2.43 bits per heavy atom. The third kappa shape index (κ3) is 4.47. The third-order valence-electron chi connectivity index (χ3n) is 4.00. The Morgan fingerprint density at radius 1 is 1.17 bits per heavy atom. The van der Waals surface area contributed by atoms with Crippen molar-refractivity contribution in [3.05, 3.63) is 35.4 Å². The molecule has 4 heteroatoms. The second-order valence-electron chi connectivity index (χ2n) is 8.23. The number of nitrogens with zero attached hydrogens (tertiary/aromatic N) is 1. The Kier molecular flexibility index (Phi) is 5.04. The van der Waals surface area contributed by atoms with Gasteiger partial charge in [0.15, 0.2) is 0 Å². The van der Waals surface area contributed by atoms with E-state index in [4.69, 9.17) is 4.74 Å². The van der Waals surface area contributed by atoms with Crippen molar-refractivity contribution in [2.24, 2.45) is 0 Å². The topological polar surface area (TPSA) is 41.6 Å². The second kappa shape index (κ2) is 6.52. The summed E-state index contributed by atoms with van der Waals surface area (Å²) in [7, 11) is 0. The molecule has 1 atom stereocenters. The van der Waals surface area contributed by atoms with Gasteiger partial charge in [0.25, 0.3) is 0 Å². The minimum Gasteiger partial charge on any atom is -0.444 e. The molecule has 0 radical (unpaired) electrons. The van der Waals surface area contributed by atoms with Crippen molar-refractivity contribution in [1.82, 2.24) is 10.2 Å². The van der Waals surface area contributed by atoms with Gasteiger partial charge in [-0.1, -0.05) is 45.0 Å². The SMILES string of the molecule is CC(C)(C)OC(=O)N1CCNCC1c1ccccc1C(C)(C)C. The van der Waals surface area contributed by atoms with Gasteiger partial charge < -0.3 is 10.1 Å². The molecule has 1 saturated heterocycles. The van der Waals surface area contributed by atoms with E-state index in [0.29, 0.717) is 6.54 Å². The molecule has 1 heterocycles. The fourth-order valence-corrected chi connectivity index (χ4v) is 2.99. The van der Waals surface area contributed by atoms with E-state index in [1.807, 2.05) is 31.7 Å². The lowest BCUT2D eigenvalue weighted by molar-refractivity contribution is 0.0116. The summed E-state index contributed by atoms with van der Waals surface area (Å²) in [6, 6.07) is 8.42. The highest BCUT2D eigenvalue weighted by Crippen LogP contribution is 2.33. The van der Waals surface area contributed by atoms with Gasteiger partial charge in [0.05, 0.1) is 6.04 Å². The largest absolute Gasteiger partial charge is 0.444 e. The minimum atomic E-state index is -0.476. The lowest BCUT2D eigenvalue weighted by Crippen LogP contribution is -2.50. The number of benzene rings is 1. The van der Waals surface area contributed by atoms with E-state index in [0.717, 1.165) is 13.1 Å². The molecule has 1 aliphatic heterocycles. The van der Waals surface area contributed by atoms with Crippen LogP contribution in [0.25, 0.3) is 0 Å². The summed E-state index contributed by atoms with van der Waals surface area (Å²) in [4.78, 5) is 14.5. The Bertz CT molecular complexity index is 555. The molecule has 1 aromatic rings. The molecule has 1 N–H and O–H groups in total. The molecule has 2 rings (SSSR count). The normalized spacial score (nSPS) is 19.6. The lowest BCUT2D eigenvalue weighted by atomic mass is 9.81. The monoisotopic (exact) mass is 318 g/mol. The van der Waals surface area contributed by atoms with Gasteiger partial charge in [-0.2, -0.15) is 0 Å². The van der Waals surface area contributed by atoms with Crippen LogP contribution in [-0.2, 0) is 10.2 Å². The fourth-order valence-electron chi connectivity index (χ4n) is 2.99. The molecule has 23 heavy (non-hydrogen) atoms. The number of amides is 1. The molecule has 0 bridgehead atoms. The summed E-state index contributed by atoms with van der Waals surface area (Å²) in [6.45, 7) is 14.6. The molecule has 1 unspecified atom stereocenters. The van der Waals surface area contributed by atoms with Crippen LogP contribution in [0.3, 0.4) is 0 Å². The molecule has 128 valence electrons. The molecule has 0 aliphatic carbocycles. The third-order valence-corrected chi connectivity index (χ3v) is 4.00. The highest BCUT2D eigenvalue weighted by atomic mass is 16.6. The molecule has 0 aromatic heterocycles. The number of hydrogen-bond acceptors (Lipinski definition) is 3. The maximum atomic E-state index is 12.6. The average Bonchev–Trinajstić information content (AvgIpc) is 2.44. The Morgan fingerprint density at radius 2 is 1.83 bits per heavy atom. The molecule has 1 fully saturated rings. The van der Waals surface area contributed by atoms with Crippen LogP contribution in [0.1, 0.15) is 58.7 Å². The summed E-state index contributed by atoms with van der Waals surface area (Å²) in [6.07, 6.45) is -0.229. The van der Waals surface area contributed by atoms with Gasteiger partial charge in [0.1, 0.15) is 5.60 Å². The van der Waals surface area contributed by atoms with E-state index < -0.39 is 5.60 Å². The van der Waals surface area contributed by atoms with Crippen molar-refractivity contribution in [2.75, 3.05) is 19.6 Å². The van der Waals surface area contributed by atoms with Crippen molar-refractivity contribution in [3.63, 3.8) is 0 Å². The second-order valence-corrected chi connectivity index (χ2v) is 8.23. The standard InChI is InChI=1S/C19H30N2O2/c1-18(2,3)15-10-8-7-9-14(15)16-13-20-11-12-21(16)17(22)23-19(4,5)6/h7-10,16,20H,11-13H2,1-6H3. The summed E-state index contributed by atoms with van der Waals surface area (Å²) in [5.74, 6) is 0. The molecule has 0 spiro atoms. The van der Waals surface area contributed by atoms with Crippen LogP contribution >= 0.6 is 0 Å². The van der Waals surface area contributed by atoms with Crippen LogP contribution in [-0.4, -0.2) is 36.2 Å². The number of nitrogens with one attached hydrogen (secondary N) is 1. The lowest BCUT2D eigenvalue weighted by Gasteiger charge is -2.39. The predicted octanol–water partition coefficient (Wildman–Crippen LogP) is 3.87. The molecule has 4 nitrogen and oxygen atoms in total. The summed E-state index contributed by atoms with van der Waals surface area (Å²) in [5.41, 5.74) is 2.05. The Balaban J connectivity index is 2.34. The molecule has 1 amide bonds. The number of carbonyl (C=O) groups is 1. The van der Waals surface area contributed by atoms with Crippen LogP contribution in [0.4, 0.5) is 4.79 Å². The van der Waals surface area contributed by atoms with Gasteiger partial charge >= 0.3 is 6.09 Å². The first kappa shape index (κ1) is 17.8. The highest BCUT2D eigenvalue weighted by Gasteiger charge is 2.33. The fraction of sp³-hybridized carbons (Fsp3) is 0.632. The number of piperazine rings is 1. The number of rotatable bonds is 1. The summed E-state index contributed by atoms with van der Waals surface area (Å²) < 4.78 is 5.61. The van der Waals surface area contributed by atoms with Crippen LogP contribution in [0.2, 0.25) is 0 Å². The minimum absolute atomic E-state index is 0.00836. The van der Waals surface area contributed by atoms with Gasteiger partial charge in [-0.15, -0.1) is 0 Å². The Labute approximate surface area is 140 Å². The zero-order chi connectivity index (χ0) is 17.3. The molecular weight excluding hydrogens is 288 g/mol. The first-order chi connectivity index (χ1) is 10.6. The smallest absolute Gasteiger partial charge is 0.410 e. The van der Waals surface area contributed by atoms with E-state index >= 15 is 0 Å². The summed E-state index contributed by atoms with van der Waals surface area (Å²) >= 11 is 0. The van der Waals surface area contributed by atoms with Gasteiger partial charge in [-0.25, -0.2) is 4.79 Å². The first-order valence-electron chi connectivity index (χ1n) is 8.39. The van der Waals surface area contributed by atoms with E-state index in [-0.39, 0.29) is 17.6 Å². The first-order valence-corrected chi connectivity index (χ1v) is 8.39. The van der Waals surface area contributed by atoms with Crippen LogP contribution in [0.15, 0.2) is 24.3 Å². The van der Waals surface area contributed by atoms with Crippen LogP contribution < -0.4 is 5.32 Å².